The van der Waals surface area contributed by atoms with Gasteiger partial charge in [-0.2, -0.15) is 4.98 Å². The minimum absolute atomic E-state index is 0.382. The normalized spacial score (nSPS) is 10.6. The van der Waals surface area contributed by atoms with Gasteiger partial charge in [-0.15, -0.1) is 11.3 Å². The smallest absolute Gasteiger partial charge is 0.277 e. The fourth-order valence-electron chi connectivity index (χ4n) is 1.62. The Morgan fingerprint density at radius 1 is 1.20 bits per heavy atom. The number of rotatable bonds is 5. The van der Waals surface area contributed by atoms with Crippen LogP contribution in [0.5, 0.6) is 5.75 Å². The molecular weight excluding hydrogens is 276 g/mol. The molecule has 3 rings (SSSR count). The monoisotopic (exact) mass is 288 g/mol. The highest BCUT2D eigenvalue weighted by Crippen LogP contribution is 2.21. The molecular formula is C13H12N4O2S. The number of ether oxygens (including phenoxy) is 1. The second-order valence-electron chi connectivity index (χ2n) is 4.00. The van der Waals surface area contributed by atoms with E-state index in [1.807, 2.05) is 30.3 Å². The topological polar surface area (TPSA) is 87.1 Å². The van der Waals surface area contributed by atoms with Gasteiger partial charge in [0.05, 0.1) is 6.61 Å². The molecule has 0 spiro atoms. The van der Waals surface area contributed by atoms with Crippen LogP contribution >= 0.6 is 11.3 Å². The lowest BCUT2D eigenvalue weighted by Crippen LogP contribution is -2.02. The lowest BCUT2D eigenvalue weighted by atomic mass is 10.3. The molecule has 102 valence electrons. The third kappa shape index (κ3) is 2.94. The van der Waals surface area contributed by atoms with Gasteiger partial charge in [-0.25, -0.2) is 4.98 Å². The zero-order valence-electron chi connectivity index (χ0n) is 10.5. The summed E-state index contributed by atoms with van der Waals surface area (Å²) in [4.78, 5) is 8.35. The highest BCUT2D eigenvalue weighted by molar-refractivity contribution is 7.13. The zero-order chi connectivity index (χ0) is 13.8. The van der Waals surface area contributed by atoms with Gasteiger partial charge in [0.25, 0.3) is 5.89 Å². The summed E-state index contributed by atoms with van der Waals surface area (Å²) < 4.78 is 10.7. The molecule has 0 saturated heterocycles. The summed E-state index contributed by atoms with van der Waals surface area (Å²) in [5.41, 5.74) is 6.17. The van der Waals surface area contributed by atoms with Gasteiger partial charge >= 0.3 is 0 Å². The van der Waals surface area contributed by atoms with E-state index in [0.29, 0.717) is 35.6 Å². The molecule has 0 atom stereocenters. The van der Waals surface area contributed by atoms with E-state index in [4.69, 9.17) is 15.0 Å². The number of hydrogen-bond donors (Lipinski definition) is 1. The average Bonchev–Trinajstić information content (AvgIpc) is 3.09. The van der Waals surface area contributed by atoms with Crippen LogP contribution in [0.3, 0.4) is 0 Å². The standard InChI is InChI=1S/C13H12N4O2S/c14-13-15-10(8-20-13)12-16-11(17-19-12)6-7-18-9-4-2-1-3-5-9/h1-5,8H,6-7H2,(H2,14,15). The largest absolute Gasteiger partial charge is 0.493 e. The van der Waals surface area contributed by atoms with Crippen LogP contribution in [-0.2, 0) is 6.42 Å². The van der Waals surface area contributed by atoms with Crippen LogP contribution < -0.4 is 10.5 Å². The number of para-hydroxylation sites is 1. The van der Waals surface area contributed by atoms with E-state index in [1.54, 1.807) is 5.38 Å². The Labute approximate surface area is 119 Å². The first-order chi connectivity index (χ1) is 9.81. The van der Waals surface area contributed by atoms with E-state index < -0.39 is 0 Å². The Bertz CT molecular complexity index is 681. The zero-order valence-corrected chi connectivity index (χ0v) is 11.3. The van der Waals surface area contributed by atoms with Crippen molar-refractivity contribution in [3.8, 4) is 17.3 Å². The van der Waals surface area contributed by atoms with Crippen molar-refractivity contribution >= 4 is 16.5 Å². The second kappa shape index (κ2) is 5.70. The van der Waals surface area contributed by atoms with Gasteiger partial charge in [0.1, 0.15) is 11.4 Å². The first kappa shape index (κ1) is 12.6. The van der Waals surface area contributed by atoms with E-state index in [1.165, 1.54) is 11.3 Å². The molecule has 20 heavy (non-hydrogen) atoms. The minimum Gasteiger partial charge on any atom is -0.493 e. The number of nitrogens with zero attached hydrogens (tertiary/aromatic N) is 3. The van der Waals surface area contributed by atoms with Crippen LogP contribution in [0.4, 0.5) is 5.13 Å². The van der Waals surface area contributed by atoms with Crippen molar-refractivity contribution in [2.24, 2.45) is 0 Å². The predicted octanol–water partition coefficient (Wildman–Crippen LogP) is 2.40. The lowest BCUT2D eigenvalue weighted by molar-refractivity contribution is 0.315. The molecule has 2 heterocycles. The van der Waals surface area contributed by atoms with Gasteiger partial charge in [0.2, 0.25) is 0 Å². The molecule has 2 aromatic heterocycles. The molecule has 0 aliphatic rings. The van der Waals surface area contributed by atoms with Crippen molar-refractivity contribution in [1.29, 1.82) is 0 Å². The highest BCUT2D eigenvalue weighted by Gasteiger charge is 2.11. The Hall–Kier alpha value is -2.41. The number of aromatic nitrogens is 3. The first-order valence-corrected chi connectivity index (χ1v) is 6.91. The van der Waals surface area contributed by atoms with Crippen LogP contribution in [0.15, 0.2) is 40.2 Å². The number of hydrogen-bond acceptors (Lipinski definition) is 7. The molecule has 1 aromatic carbocycles. The van der Waals surface area contributed by atoms with Gasteiger partial charge in [-0.1, -0.05) is 23.4 Å². The molecule has 0 aliphatic carbocycles. The fourth-order valence-corrected chi connectivity index (χ4v) is 2.16. The summed E-state index contributed by atoms with van der Waals surface area (Å²) in [6.45, 7) is 0.488. The first-order valence-electron chi connectivity index (χ1n) is 6.03. The molecule has 0 radical (unpaired) electrons. The fraction of sp³-hybridized carbons (Fsp3) is 0.154. The number of nitrogens with two attached hydrogens (primary N) is 1. The van der Waals surface area contributed by atoms with Crippen LogP contribution in [0, 0.1) is 0 Å². The number of anilines is 1. The molecule has 3 aromatic rings. The summed E-state index contributed by atoms with van der Waals surface area (Å²) in [5, 5.41) is 6.15. The Morgan fingerprint density at radius 2 is 2.05 bits per heavy atom. The summed E-state index contributed by atoms with van der Waals surface area (Å²) in [6.07, 6.45) is 0.567. The SMILES string of the molecule is Nc1nc(-c2nc(CCOc3ccccc3)no2)cs1. The van der Waals surface area contributed by atoms with Gasteiger partial charge in [-0.05, 0) is 12.1 Å². The third-order valence-corrected chi connectivity index (χ3v) is 3.22. The summed E-state index contributed by atoms with van der Waals surface area (Å²) in [6, 6.07) is 9.60. The lowest BCUT2D eigenvalue weighted by Gasteiger charge is -2.02. The van der Waals surface area contributed by atoms with Crippen LogP contribution in [-0.4, -0.2) is 21.7 Å². The molecule has 0 amide bonds. The van der Waals surface area contributed by atoms with Gasteiger partial charge in [0, 0.05) is 11.8 Å². The quantitative estimate of drug-likeness (QED) is 0.775. The van der Waals surface area contributed by atoms with E-state index in [0.717, 1.165) is 5.75 Å². The summed E-state index contributed by atoms with van der Waals surface area (Å²) >= 11 is 1.34. The molecule has 0 unspecified atom stereocenters. The number of benzene rings is 1. The van der Waals surface area contributed by atoms with Gasteiger partial charge in [0.15, 0.2) is 11.0 Å². The Morgan fingerprint density at radius 3 is 2.80 bits per heavy atom. The van der Waals surface area contributed by atoms with Crippen molar-refractivity contribution in [3.63, 3.8) is 0 Å². The minimum atomic E-state index is 0.382. The van der Waals surface area contributed by atoms with Crippen molar-refractivity contribution in [2.75, 3.05) is 12.3 Å². The average molecular weight is 288 g/mol. The van der Waals surface area contributed by atoms with Crippen molar-refractivity contribution in [3.05, 3.63) is 41.5 Å². The summed E-state index contributed by atoms with van der Waals surface area (Å²) in [7, 11) is 0. The van der Waals surface area contributed by atoms with Crippen LogP contribution in [0.2, 0.25) is 0 Å². The molecule has 0 saturated carbocycles. The van der Waals surface area contributed by atoms with E-state index in [2.05, 4.69) is 15.1 Å². The maximum atomic E-state index is 5.57. The molecule has 0 aliphatic heterocycles. The van der Waals surface area contributed by atoms with Crippen molar-refractivity contribution < 1.29 is 9.26 Å². The van der Waals surface area contributed by atoms with Crippen molar-refractivity contribution in [1.82, 2.24) is 15.1 Å². The maximum Gasteiger partial charge on any atom is 0.277 e. The van der Waals surface area contributed by atoms with Crippen LogP contribution in [0.25, 0.3) is 11.6 Å². The molecule has 7 heteroatoms. The van der Waals surface area contributed by atoms with E-state index in [9.17, 15) is 0 Å². The van der Waals surface area contributed by atoms with Gasteiger partial charge in [-0.3, -0.25) is 0 Å². The molecule has 0 fully saturated rings. The predicted molar refractivity (Wildman–Crippen MR) is 75.5 cm³/mol. The van der Waals surface area contributed by atoms with E-state index in [-0.39, 0.29) is 0 Å². The molecule has 0 bridgehead atoms. The second-order valence-corrected chi connectivity index (χ2v) is 4.89. The Kier molecular flexibility index (Phi) is 3.60. The highest BCUT2D eigenvalue weighted by atomic mass is 32.1. The molecule has 2 N–H and O–H groups in total. The van der Waals surface area contributed by atoms with Crippen LogP contribution in [0.1, 0.15) is 5.82 Å². The van der Waals surface area contributed by atoms with Crippen molar-refractivity contribution in [2.45, 2.75) is 6.42 Å². The number of nitrogen functional groups attached to an aromatic ring is 1. The van der Waals surface area contributed by atoms with Gasteiger partial charge < -0.3 is 15.0 Å². The Balaban J connectivity index is 1.58. The number of thiazole rings is 1. The maximum absolute atomic E-state index is 5.57. The molecule has 6 nitrogen and oxygen atoms in total. The third-order valence-electron chi connectivity index (χ3n) is 2.55. The summed E-state index contributed by atoms with van der Waals surface area (Å²) in [5.74, 6) is 1.79. The van der Waals surface area contributed by atoms with E-state index >= 15 is 0 Å².